The second kappa shape index (κ2) is 4.82. The summed E-state index contributed by atoms with van der Waals surface area (Å²) in [6.07, 6.45) is 2.09. The van der Waals surface area contributed by atoms with Crippen molar-refractivity contribution in [1.29, 1.82) is 0 Å². The highest BCUT2D eigenvalue weighted by atomic mass is 16.3. The van der Waals surface area contributed by atoms with Crippen molar-refractivity contribution in [2.75, 3.05) is 0 Å². The van der Waals surface area contributed by atoms with E-state index < -0.39 is 0 Å². The maximum atomic E-state index is 11.9. The predicted octanol–water partition coefficient (Wildman–Crippen LogP) is 1.41. The standard InChI is InChI=1S/C14H18N2O2/c1-10-9-15(3)14(18)16(10)13-6-4-12(5-7-13)8-11(2)17/h4-7,9,11,17H,8H2,1-3H3. The Morgan fingerprint density at radius 1 is 1.28 bits per heavy atom. The van der Waals surface area contributed by atoms with Crippen LogP contribution in [-0.2, 0) is 13.5 Å². The van der Waals surface area contributed by atoms with Crippen LogP contribution in [-0.4, -0.2) is 20.3 Å². The van der Waals surface area contributed by atoms with E-state index >= 15 is 0 Å². The van der Waals surface area contributed by atoms with Gasteiger partial charge in [0, 0.05) is 18.9 Å². The first-order chi connectivity index (χ1) is 8.49. The number of aryl methyl sites for hydroxylation is 2. The molecule has 1 aromatic heterocycles. The molecule has 0 radical (unpaired) electrons. The second-order valence-electron chi connectivity index (χ2n) is 4.72. The summed E-state index contributed by atoms with van der Waals surface area (Å²) in [5, 5.41) is 9.33. The molecule has 0 bridgehead atoms. The number of aliphatic hydroxyl groups is 1. The van der Waals surface area contributed by atoms with Crippen LogP contribution in [0.25, 0.3) is 5.69 Å². The molecule has 1 unspecified atom stereocenters. The number of hydrogen-bond donors (Lipinski definition) is 1. The van der Waals surface area contributed by atoms with Gasteiger partial charge in [0.25, 0.3) is 0 Å². The monoisotopic (exact) mass is 246 g/mol. The van der Waals surface area contributed by atoms with E-state index in [1.54, 1.807) is 23.1 Å². The van der Waals surface area contributed by atoms with E-state index in [9.17, 15) is 9.90 Å². The van der Waals surface area contributed by atoms with E-state index in [0.29, 0.717) is 6.42 Å². The van der Waals surface area contributed by atoms with Crippen molar-refractivity contribution in [3.63, 3.8) is 0 Å². The van der Waals surface area contributed by atoms with Gasteiger partial charge in [-0.25, -0.2) is 4.79 Å². The fourth-order valence-electron chi connectivity index (χ4n) is 2.14. The summed E-state index contributed by atoms with van der Waals surface area (Å²) in [6, 6.07) is 7.71. The number of benzene rings is 1. The minimum atomic E-state index is -0.350. The predicted molar refractivity (Wildman–Crippen MR) is 71.1 cm³/mol. The third-order valence-electron chi connectivity index (χ3n) is 2.95. The summed E-state index contributed by atoms with van der Waals surface area (Å²) in [7, 11) is 1.74. The first-order valence-electron chi connectivity index (χ1n) is 6.01. The Kier molecular flexibility index (Phi) is 3.39. The second-order valence-corrected chi connectivity index (χ2v) is 4.72. The van der Waals surface area contributed by atoms with Crippen molar-refractivity contribution in [3.05, 3.63) is 52.2 Å². The zero-order valence-electron chi connectivity index (χ0n) is 10.9. The molecule has 4 heteroatoms. The van der Waals surface area contributed by atoms with E-state index in [1.165, 1.54) is 0 Å². The van der Waals surface area contributed by atoms with E-state index in [-0.39, 0.29) is 11.8 Å². The molecule has 2 rings (SSSR count). The molecule has 18 heavy (non-hydrogen) atoms. The summed E-state index contributed by atoms with van der Waals surface area (Å²) in [4.78, 5) is 11.9. The van der Waals surface area contributed by atoms with Crippen molar-refractivity contribution >= 4 is 0 Å². The van der Waals surface area contributed by atoms with Crippen LogP contribution in [0.4, 0.5) is 0 Å². The van der Waals surface area contributed by atoms with Gasteiger partial charge in [-0.05, 0) is 38.0 Å². The van der Waals surface area contributed by atoms with Crippen molar-refractivity contribution in [2.45, 2.75) is 26.4 Å². The van der Waals surface area contributed by atoms with Crippen LogP contribution in [0.3, 0.4) is 0 Å². The molecular formula is C14H18N2O2. The third kappa shape index (κ3) is 2.38. The van der Waals surface area contributed by atoms with Crippen LogP contribution in [0, 0.1) is 6.92 Å². The fourth-order valence-corrected chi connectivity index (χ4v) is 2.14. The van der Waals surface area contributed by atoms with Gasteiger partial charge in [-0.15, -0.1) is 0 Å². The SMILES string of the molecule is Cc1cn(C)c(=O)n1-c1ccc(CC(C)O)cc1. The smallest absolute Gasteiger partial charge is 0.332 e. The Hall–Kier alpha value is -1.81. The lowest BCUT2D eigenvalue weighted by molar-refractivity contribution is 0.195. The van der Waals surface area contributed by atoms with Crippen molar-refractivity contribution in [2.24, 2.45) is 7.05 Å². The van der Waals surface area contributed by atoms with Gasteiger partial charge in [-0.3, -0.25) is 4.57 Å². The lowest BCUT2D eigenvalue weighted by Crippen LogP contribution is -2.21. The maximum absolute atomic E-state index is 11.9. The number of aromatic nitrogens is 2. The van der Waals surface area contributed by atoms with Gasteiger partial charge in [-0.1, -0.05) is 12.1 Å². The molecule has 1 heterocycles. The van der Waals surface area contributed by atoms with E-state index in [1.807, 2.05) is 37.4 Å². The average Bonchev–Trinajstić information content (AvgIpc) is 2.54. The maximum Gasteiger partial charge on any atom is 0.332 e. The largest absolute Gasteiger partial charge is 0.393 e. The van der Waals surface area contributed by atoms with Crippen LogP contribution in [0.1, 0.15) is 18.2 Å². The summed E-state index contributed by atoms with van der Waals surface area (Å²) in [5.74, 6) is 0. The van der Waals surface area contributed by atoms with Gasteiger partial charge in [0.2, 0.25) is 0 Å². The summed E-state index contributed by atoms with van der Waals surface area (Å²) >= 11 is 0. The Morgan fingerprint density at radius 3 is 2.33 bits per heavy atom. The van der Waals surface area contributed by atoms with Gasteiger partial charge in [-0.2, -0.15) is 0 Å². The van der Waals surface area contributed by atoms with Gasteiger partial charge in [0.1, 0.15) is 0 Å². The third-order valence-corrected chi connectivity index (χ3v) is 2.95. The highest BCUT2D eigenvalue weighted by molar-refractivity contribution is 5.36. The van der Waals surface area contributed by atoms with Crippen LogP contribution in [0.15, 0.2) is 35.3 Å². The van der Waals surface area contributed by atoms with Crippen LogP contribution >= 0.6 is 0 Å². The molecule has 1 N–H and O–H groups in total. The molecule has 1 atom stereocenters. The Bertz CT molecular complexity index is 591. The Morgan fingerprint density at radius 2 is 1.89 bits per heavy atom. The van der Waals surface area contributed by atoms with E-state index in [2.05, 4.69) is 0 Å². The summed E-state index contributed by atoms with van der Waals surface area (Å²) < 4.78 is 3.24. The van der Waals surface area contributed by atoms with Crippen molar-refractivity contribution in [3.8, 4) is 5.69 Å². The Balaban J connectivity index is 2.37. The van der Waals surface area contributed by atoms with Gasteiger partial charge < -0.3 is 9.67 Å². The highest BCUT2D eigenvalue weighted by Crippen LogP contribution is 2.11. The van der Waals surface area contributed by atoms with Crippen molar-refractivity contribution < 1.29 is 5.11 Å². The molecule has 96 valence electrons. The number of hydrogen-bond acceptors (Lipinski definition) is 2. The first kappa shape index (κ1) is 12.6. The number of nitrogens with zero attached hydrogens (tertiary/aromatic N) is 2. The molecule has 2 aromatic rings. The molecule has 4 nitrogen and oxygen atoms in total. The lowest BCUT2D eigenvalue weighted by atomic mass is 10.1. The van der Waals surface area contributed by atoms with Crippen molar-refractivity contribution in [1.82, 2.24) is 9.13 Å². The molecule has 0 aliphatic heterocycles. The average molecular weight is 246 g/mol. The molecule has 1 aromatic carbocycles. The molecule has 0 amide bonds. The van der Waals surface area contributed by atoms with Crippen LogP contribution in [0.5, 0.6) is 0 Å². The molecule has 0 saturated heterocycles. The number of imidazole rings is 1. The van der Waals surface area contributed by atoms with Gasteiger partial charge >= 0.3 is 5.69 Å². The first-order valence-corrected chi connectivity index (χ1v) is 6.01. The number of aliphatic hydroxyl groups excluding tert-OH is 1. The Labute approximate surface area is 106 Å². The van der Waals surface area contributed by atoms with Crippen LogP contribution in [0.2, 0.25) is 0 Å². The normalized spacial score (nSPS) is 12.7. The zero-order chi connectivity index (χ0) is 13.3. The highest BCUT2D eigenvalue weighted by Gasteiger charge is 2.07. The molecule has 0 spiro atoms. The molecule has 0 aliphatic carbocycles. The zero-order valence-corrected chi connectivity index (χ0v) is 10.9. The molecule has 0 aliphatic rings. The van der Waals surface area contributed by atoms with Gasteiger partial charge in [0.05, 0.1) is 11.8 Å². The quantitative estimate of drug-likeness (QED) is 0.890. The fraction of sp³-hybridized carbons (Fsp3) is 0.357. The number of rotatable bonds is 3. The van der Waals surface area contributed by atoms with E-state index in [0.717, 1.165) is 16.9 Å². The summed E-state index contributed by atoms with van der Waals surface area (Å²) in [5.41, 5.74) is 2.78. The minimum Gasteiger partial charge on any atom is -0.393 e. The lowest BCUT2D eigenvalue weighted by Gasteiger charge is -2.07. The molecular weight excluding hydrogens is 228 g/mol. The van der Waals surface area contributed by atoms with Gasteiger partial charge in [0.15, 0.2) is 0 Å². The summed E-state index contributed by atoms with van der Waals surface area (Å²) in [6.45, 7) is 3.67. The van der Waals surface area contributed by atoms with E-state index in [4.69, 9.17) is 0 Å². The van der Waals surface area contributed by atoms with Crippen LogP contribution < -0.4 is 5.69 Å². The minimum absolute atomic E-state index is 0.0456. The molecule has 0 saturated carbocycles. The topological polar surface area (TPSA) is 47.2 Å². The molecule has 0 fully saturated rings.